The lowest BCUT2D eigenvalue weighted by molar-refractivity contribution is -0.142. The van der Waals surface area contributed by atoms with E-state index in [2.05, 4.69) is 35.9 Å². The zero-order chi connectivity index (χ0) is 32.3. The van der Waals surface area contributed by atoms with E-state index < -0.39 is 47.9 Å². The van der Waals surface area contributed by atoms with Crippen LogP contribution in [0.15, 0.2) is 73.6 Å². The van der Waals surface area contributed by atoms with Crippen LogP contribution in [-0.2, 0) is 44.9 Å². The van der Waals surface area contributed by atoms with Crippen LogP contribution in [0.25, 0.3) is 0 Å². The van der Waals surface area contributed by atoms with Crippen LogP contribution in [0, 0.1) is 0 Å². The molecule has 0 aliphatic rings. The number of nitrogens with zero attached hydrogens (tertiary/aromatic N) is 2. The Bertz CT molecular complexity index is 1560. The Morgan fingerprint density at radius 2 is 1.07 bits per heavy atom. The van der Waals surface area contributed by atoms with Crippen LogP contribution in [0.4, 0.5) is 0 Å². The highest BCUT2D eigenvalue weighted by atomic mass is 16.4. The highest BCUT2D eigenvalue weighted by Gasteiger charge is 2.31. The fraction of sp³-hybridized carbons (Fsp3) is 0.267. The summed E-state index contributed by atoms with van der Waals surface area (Å²) < 4.78 is 0. The SMILES string of the molecule is NC(Cc1cnc[nH]1)C(=O)NC(Cc1ccc(O)cc1)C(=O)NC(Cc1cnc[nH]1)C(=O)NC(Cc1ccc(O)cc1)C(=O)O. The summed E-state index contributed by atoms with van der Waals surface area (Å²) in [5, 5.41) is 36.8. The number of H-pyrrole nitrogens is 2. The predicted octanol–water partition coefficient (Wildman–Crippen LogP) is -0.319. The lowest BCUT2D eigenvalue weighted by Gasteiger charge is -2.25. The number of carboxylic acid groups (broad SMARTS) is 1. The molecule has 3 amide bonds. The Hall–Kier alpha value is -5.70. The van der Waals surface area contributed by atoms with Crippen LogP contribution >= 0.6 is 0 Å². The molecule has 0 fully saturated rings. The van der Waals surface area contributed by atoms with Crippen LogP contribution in [0.5, 0.6) is 11.5 Å². The standard InChI is InChI=1S/C30H34N8O7/c31-23(11-19-13-32-15-34-19)27(41)36-24(9-17-1-5-21(39)6-2-17)28(42)37-25(12-20-14-33-16-35-20)29(43)38-26(30(44)45)10-18-3-7-22(40)8-4-18/h1-8,13-16,23-26,39-40H,9-12,31H2,(H,32,34)(H,33,35)(H,36,41)(H,37,42)(H,38,43)(H,44,45). The van der Waals surface area contributed by atoms with Gasteiger partial charge in [-0.1, -0.05) is 24.3 Å². The minimum Gasteiger partial charge on any atom is -0.508 e. The number of amides is 3. The fourth-order valence-corrected chi connectivity index (χ4v) is 4.52. The first-order valence-electron chi connectivity index (χ1n) is 14.0. The number of phenols is 2. The summed E-state index contributed by atoms with van der Waals surface area (Å²) in [7, 11) is 0. The zero-order valence-electron chi connectivity index (χ0n) is 24.0. The Morgan fingerprint density at radius 3 is 1.53 bits per heavy atom. The van der Waals surface area contributed by atoms with Gasteiger partial charge in [-0.25, -0.2) is 14.8 Å². The third-order valence-electron chi connectivity index (χ3n) is 6.94. The van der Waals surface area contributed by atoms with Crippen LogP contribution in [0.3, 0.4) is 0 Å². The molecule has 4 unspecified atom stereocenters. The number of carbonyl (C=O) groups excluding carboxylic acids is 3. The molecular formula is C30H34N8O7. The molecule has 0 radical (unpaired) electrons. The van der Waals surface area contributed by atoms with Gasteiger partial charge in [0.1, 0.15) is 29.6 Å². The summed E-state index contributed by atoms with van der Waals surface area (Å²) in [6.07, 6.45) is 5.80. The van der Waals surface area contributed by atoms with Crippen molar-refractivity contribution in [2.75, 3.05) is 0 Å². The second-order valence-electron chi connectivity index (χ2n) is 10.4. The van der Waals surface area contributed by atoms with Crippen molar-refractivity contribution in [1.82, 2.24) is 35.9 Å². The molecule has 0 aliphatic heterocycles. The lowest BCUT2D eigenvalue weighted by atomic mass is 10.0. The van der Waals surface area contributed by atoms with E-state index in [1.165, 1.54) is 61.4 Å². The summed E-state index contributed by atoms with van der Waals surface area (Å²) in [5.74, 6) is -3.41. The highest BCUT2D eigenvalue weighted by molar-refractivity contribution is 5.94. The number of hydrogen-bond acceptors (Lipinski definition) is 9. The summed E-state index contributed by atoms with van der Waals surface area (Å²) in [6, 6.07) is 7.08. The van der Waals surface area contributed by atoms with E-state index in [9.17, 15) is 34.5 Å². The molecule has 0 saturated heterocycles. The van der Waals surface area contributed by atoms with Crippen molar-refractivity contribution in [2.24, 2.45) is 5.73 Å². The molecule has 0 spiro atoms. The van der Waals surface area contributed by atoms with E-state index in [0.717, 1.165) is 0 Å². The minimum atomic E-state index is -1.35. The number of phenolic OH excluding ortho intramolecular Hbond substituents is 2. The predicted molar refractivity (Wildman–Crippen MR) is 160 cm³/mol. The monoisotopic (exact) mass is 618 g/mol. The number of carbonyl (C=O) groups is 4. The number of carboxylic acids is 1. The number of imidazole rings is 2. The average molecular weight is 619 g/mol. The van der Waals surface area contributed by atoms with Crippen molar-refractivity contribution >= 4 is 23.7 Å². The highest BCUT2D eigenvalue weighted by Crippen LogP contribution is 2.14. The lowest BCUT2D eigenvalue weighted by Crippen LogP contribution is -2.58. The van der Waals surface area contributed by atoms with E-state index in [0.29, 0.717) is 22.5 Å². The van der Waals surface area contributed by atoms with Crippen molar-refractivity contribution in [3.63, 3.8) is 0 Å². The maximum absolute atomic E-state index is 13.7. The molecule has 10 N–H and O–H groups in total. The van der Waals surface area contributed by atoms with E-state index in [1.807, 2.05) is 0 Å². The van der Waals surface area contributed by atoms with E-state index >= 15 is 0 Å². The number of hydrogen-bond donors (Lipinski definition) is 9. The maximum atomic E-state index is 13.7. The molecule has 0 aliphatic carbocycles. The second-order valence-corrected chi connectivity index (χ2v) is 10.4. The maximum Gasteiger partial charge on any atom is 0.326 e. The van der Waals surface area contributed by atoms with Gasteiger partial charge in [-0.15, -0.1) is 0 Å². The molecule has 2 aromatic carbocycles. The third kappa shape index (κ3) is 9.65. The smallest absolute Gasteiger partial charge is 0.326 e. The van der Waals surface area contributed by atoms with Crippen molar-refractivity contribution in [3.8, 4) is 11.5 Å². The summed E-state index contributed by atoms with van der Waals surface area (Å²) in [5.41, 5.74) is 8.36. The summed E-state index contributed by atoms with van der Waals surface area (Å²) in [4.78, 5) is 65.9. The first kappa shape index (κ1) is 32.2. The number of benzene rings is 2. The van der Waals surface area contributed by atoms with Crippen molar-refractivity contribution in [3.05, 3.63) is 96.1 Å². The van der Waals surface area contributed by atoms with Crippen LogP contribution in [-0.4, -0.2) is 83.1 Å². The molecule has 15 nitrogen and oxygen atoms in total. The number of rotatable bonds is 15. The Labute approximate surface area is 257 Å². The van der Waals surface area contributed by atoms with Gasteiger partial charge in [0, 0.05) is 49.5 Å². The van der Waals surface area contributed by atoms with Crippen molar-refractivity contribution in [2.45, 2.75) is 49.9 Å². The second kappa shape index (κ2) is 15.2. The third-order valence-corrected chi connectivity index (χ3v) is 6.94. The molecule has 4 aromatic rings. The van der Waals surface area contributed by atoms with Gasteiger partial charge in [-0.05, 0) is 35.4 Å². The van der Waals surface area contributed by atoms with Gasteiger partial charge >= 0.3 is 5.97 Å². The van der Waals surface area contributed by atoms with E-state index in [1.54, 1.807) is 12.1 Å². The number of nitrogens with one attached hydrogen (secondary N) is 5. The van der Waals surface area contributed by atoms with Crippen LogP contribution in [0.1, 0.15) is 22.5 Å². The number of aromatic nitrogens is 4. The summed E-state index contributed by atoms with van der Waals surface area (Å²) in [6.45, 7) is 0. The van der Waals surface area contributed by atoms with Gasteiger partial charge < -0.3 is 47.0 Å². The first-order chi connectivity index (χ1) is 21.6. The van der Waals surface area contributed by atoms with Crippen molar-refractivity contribution in [1.29, 1.82) is 0 Å². The topological polar surface area (TPSA) is 248 Å². The fourth-order valence-electron chi connectivity index (χ4n) is 4.52. The largest absolute Gasteiger partial charge is 0.508 e. The van der Waals surface area contributed by atoms with Gasteiger partial charge in [0.2, 0.25) is 17.7 Å². The number of aliphatic carboxylic acids is 1. The molecule has 45 heavy (non-hydrogen) atoms. The molecule has 236 valence electrons. The first-order valence-corrected chi connectivity index (χ1v) is 14.0. The van der Waals surface area contributed by atoms with Gasteiger partial charge in [-0.3, -0.25) is 14.4 Å². The van der Waals surface area contributed by atoms with Crippen LogP contribution in [0.2, 0.25) is 0 Å². The van der Waals surface area contributed by atoms with E-state index in [-0.39, 0.29) is 37.2 Å². The van der Waals surface area contributed by atoms with Gasteiger partial charge in [0.05, 0.1) is 18.7 Å². The van der Waals surface area contributed by atoms with E-state index in [4.69, 9.17) is 5.73 Å². The average Bonchev–Trinajstić information content (AvgIpc) is 3.73. The Balaban J connectivity index is 1.53. The Kier molecular flexibility index (Phi) is 10.8. The minimum absolute atomic E-state index is 0.00760. The van der Waals surface area contributed by atoms with Gasteiger partial charge in [-0.2, -0.15) is 0 Å². The van der Waals surface area contributed by atoms with Crippen LogP contribution < -0.4 is 21.7 Å². The Morgan fingerprint density at radius 1 is 0.644 bits per heavy atom. The molecule has 4 rings (SSSR count). The molecule has 0 bridgehead atoms. The van der Waals surface area contributed by atoms with Gasteiger partial charge in [0.25, 0.3) is 0 Å². The molecule has 15 heteroatoms. The normalized spacial score (nSPS) is 13.6. The summed E-state index contributed by atoms with van der Waals surface area (Å²) >= 11 is 0. The quantitative estimate of drug-likeness (QED) is 0.0840. The molecule has 4 atom stereocenters. The van der Waals surface area contributed by atoms with Crippen molar-refractivity contribution < 1.29 is 34.5 Å². The molecular weight excluding hydrogens is 584 g/mol. The van der Waals surface area contributed by atoms with Gasteiger partial charge in [0.15, 0.2) is 0 Å². The number of nitrogens with two attached hydrogens (primary N) is 1. The zero-order valence-corrected chi connectivity index (χ0v) is 24.0. The number of aromatic amines is 2. The molecule has 0 saturated carbocycles. The molecule has 2 heterocycles. The molecule has 2 aromatic heterocycles. The number of aromatic hydroxyl groups is 2.